The lowest BCUT2D eigenvalue weighted by molar-refractivity contribution is -0.138. The van der Waals surface area contributed by atoms with E-state index in [2.05, 4.69) is 9.72 Å². The molecule has 0 radical (unpaired) electrons. The molecule has 1 aromatic rings. The molecule has 0 spiro atoms. The van der Waals surface area contributed by atoms with E-state index >= 15 is 0 Å². The zero-order valence-electron chi connectivity index (χ0n) is 9.64. The lowest BCUT2D eigenvalue weighted by Crippen LogP contribution is -2.31. The largest absolute Gasteiger partial charge is 0.468 e. The molecule has 1 heterocycles. The van der Waals surface area contributed by atoms with Crippen molar-refractivity contribution >= 4 is 17.3 Å². The van der Waals surface area contributed by atoms with Crippen LogP contribution >= 0.6 is 0 Å². The Kier molecular flexibility index (Phi) is 4.57. The van der Waals surface area contributed by atoms with Gasteiger partial charge in [0, 0.05) is 12.7 Å². The highest BCUT2D eigenvalue weighted by Crippen LogP contribution is 2.21. The molecule has 0 bridgehead atoms. The first kappa shape index (κ1) is 12.3. The number of pyridine rings is 1. The van der Waals surface area contributed by atoms with Gasteiger partial charge in [-0.1, -0.05) is 6.92 Å². The van der Waals surface area contributed by atoms with Crippen molar-refractivity contribution in [1.29, 1.82) is 0 Å². The number of nitrogen functional groups attached to an aromatic ring is 1. The molecule has 0 unspecified atom stereocenters. The highest BCUT2D eigenvalue weighted by atomic mass is 16.5. The number of aromatic nitrogens is 1. The van der Waals surface area contributed by atoms with E-state index in [1.54, 1.807) is 18.5 Å². The van der Waals surface area contributed by atoms with Crippen LogP contribution in [0.5, 0.6) is 0 Å². The average Bonchev–Trinajstić information content (AvgIpc) is 2.29. The normalized spacial score (nSPS) is 9.88. The Hall–Kier alpha value is -1.78. The minimum Gasteiger partial charge on any atom is -0.468 e. The summed E-state index contributed by atoms with van der Waals surface area (Å²) in [5, 5.41) is 0. The van der Waals surface area contributed by atoms with Gasteiger partial charge >= 0.3 is 5.97 Å². The molecular formula is C11H17N3O2. The number of nitrogens with zero attached hydrogens (tertiary/aromatic N) is 2. The number of anilines is 2. The maximum Gasteiger partial charge on any atom is 0.325 e. The quantitative estimate of drug-likeness (QED) is 0.756. The molecule has 0 amide bonds. The Labute approximate surface area is 95.2 Å². The van der Waals surface area contributed by atoms with Gasteiger partial charge in [0.15, 0.2) is 0 Å². The van der Waals surface area contributed by atoms with Crippen LogP contribution in [0.2, 0.25) is 0 Å². The van der Waals surface area contributed by atoms with Crippen molar-refractivity contribution in [1.82, 2.24) is 4.98 Å². The molecule has 2 N–H and O–H groups in total. The first-order valence-corrected chi connectivity index (χ1v) is 5.20. The molecule has 0 saturated heterocycles. The van der Waals surface area contributed by atoms with E-state index in [0.717, 1.165) is 18.7 Å². The van der Waals surface area contributed by atoms with Crippen LogP contribution < -0.4 is 10.6 Å². The molecular weight excluding hydrogens is 206 g/mol. The van der Waals surface area contributed by atoms with Crippen molar-refractivity contribution in [3.05, 3.63) is 18.5 Å². The predicted octanol–water partition coefficient (Wildman–Crippen LogP) is 1.05. The van der Waals surface area contributed by atoms with Crippen molar-refractivity contribution in [2.45, 2.75) is 13.3 Å². The maximum absolute atomic E-state index is 11.3. The lowest BCUT2D eigenvalue weighted by atomic mass is 10.3. The van der Waals surface area contributed by atoms with Gasteiger partial charge < -0.3 is 15.4 Å². The summed E-state index contributed by atoms with van der Waals surface area (Å²) in [5.41, 5.74) is 7.20. The third-order valence-electron chi connectivity index (χ3n) is 2.21. The van der Waals surface area contributed by atoms with Crippen LogP contribution in [0.4, 0.5) is 11.4 Å². The minimum atomic E-state index is -0.273. The summed E-state index contributed by atoms with van der Waals surface area (Å²) >= 11 is 0. The summed E-state index contributed by atoms with van der Waals surface area (Å²) < 4.78 is 4.65. The number of nitrogens with two attached hydrogens (primary N) is 1. The summed E-state index contributed by atoms with van der Waals surface area (Å²) in [4.78, 5) is 17.1. The molecule has 0 atom stereocenters. The van der Waals surface area contributed by atoms with Gasteiger partial charge in [0.2, 0.25) is 0 Å². The van der Waals surface area contributed by atoms with Crippen molar-refractivity contribution < 1.29 is 9.53 Å². The van der Waals surface area contributed by atoms with E-state index in [0.29, 0.717) is 5.69 Å². The molecule has 88 valence electrons. The highest BCUT2D eigenvalue weighted by molar-refractivity contribution is 5.78. The van der Waals surface area contributed by atoms with Gasteiger partial charge in [-0.15, -0.1) is 0 Å². The molecule has 0 aliphatic rings. The van der Waals surface area contributed by atoms with E-state index < -0.39 is 0 Å². The monoisotopic (exact) mass is 223 g/mol. The van der Waals surface area contributed by atoms with Gasteiger partial charge in [-0.2, -0.15) is 0 Å². The molecule has 5 heteroatoms. The van der Waals surface area contributed by atoms with E-state index in [1.165, 1.54) is 7.11 Å². The number of hydrogen-bond acceptors (Lipinski definition) is 5. The summed E-state index contributed by atoms with van der Waals surface area (Å²) in [5.74, 6) is -0.273. The van der Waals surface area contributed by atoms with E-state index in [9.17, 15) is 4.79 Å². The minimum absolute atomic E-state index is 0.207. The fraction of sp³-hybridized carbons (Fsp3) is 0.455. The van der Waals surface area contributed by atoms with Crippen molar-refractivity contribution in [2.24, 2.45) is 0 Å². The van der Waals surface area contributed by atoms with E-state index in [4.69, 9.17) is 5.73 Å². The van der Waals surface area contributed by atoms with Crippen molar-refractivity contribution in [2.75, 3.05) is 30.8 Å². The van der Waals surface area contributed by atoms with Crippen molar-refractivity contribution in [3.8, 4) is 0 Å². The molecule has 0 aliphatic heterocycles. The SMILES string of the molecule is CCCN(CC(=O)OC)c1ccncc1N. The Balaban J connectivity index is 2.85. The topological polar surface area (TPSA) is 68.5 Å². The second-order valence-electron chi connectivity index (χ2n) is 3.43. The Morgan fingerprint density at radius 2 is 2.38 bits per heavy atom. The molecule has 0 fully saturated rings. The number of esters is 1. The summed E-state index contributed by atoms with van der Waals surface area (Å²) in [7, 11) is 1.38. The van der Waals surface area contributed by atoms with Crippen LogP contribution in [-0.4, -0.2) is 31.2 Å². The first-order valence-electron chi connectivity index (χ1n) is 5.20. The second kappa shape index (κ2) is 5.95. The molecule has 0 aliphatic carbocycles. The molecule has 1 rings (SSSR count). The van der Waals surface area contributed by atoms with Crippen molar-refractivity contribution in [3.63, 3.8) is 0 Å². The fourth-order valence-electron chi connectivity index (χ4n) is 1.46. The summed E-state index contributed by atoms with van der Waals surface area (Å²) in [6.07, 6.45) is 4.17. The third kappa shape index (κ3) is 3.12. The van der Waals surface area contributed by atoms with Gasteiger partial charge in [0.1, 0.15) is 6.54 Å². The Morgan fingerprint density at radius 1 is 1.62 bits per heavy atom. The highest BCUT2D eigenvalue weighted by Gasteiger charge is 2.13. The number of rotatable bonds is 5. The van der Waals surface area contributed by atoms with Crippen LogP contribution in [0.25, 0.3) is 0 Å². The van der Waals surface area contributed by atoms with Crippen LogP contribution in [0, 0.1) is 0 Å². The van der Waals surface area contributed by atoms with Crippen LogP contribution in [0.15, 0.2) is 18.5 Å². The summed E-state index contributed by atoms with van der Waals surface area (Å²) in [6.45, 7) is 3.00. The predicted molar refractivity (Wildman–Crippen MR) is 63.2 cm³/mol. The fourth-order valence-corrected chi connectivity index (χ4v) is 1.46. The number of carbonyl (C=O) groups excluding carboxylic acids is 1. The van der Waals surface area contributed by atoms with Crippen LogP contribution in [0.1, 0.15) is 13.3 Å². The standard InChI is InChI=1S/C11H17N3O2/c1-3-6-14(8-11(15)16-2)10-4-5-13-7-9(10)12/h4-5,7H,3,6,8,12H2,1-2H3. The number of methoxy groups -OCH3 is 1. The van der Waals surface area contributed by atoms with Gasteiger partial charge in [-0.3, -0.25) is 9.78 Å². The number of hydrogen-bond donors (Lipinski definition) is 1. The molecule has 0 saturated carbocycles. The third-order valence-corrected chi connectivity index (χ3v) is 2.21. The Morgan fingerprint density at radius 3 is 2.94 bits per heavy atom. The first-order chi connectivity index (χ1) is 7.69. The van der Waals surface area contributed by atoms with Gasteiger partial charge in [0.05, 0.1) is 24.7 Å². The molecule has 0 aromatic carbocycles. The van der Waals surface area contributed by atoms with Crippen LogP contribution in [-0.2, 0) is 9.53 Å². The van der Waals surface area contributed by atoms with Crippen LogP contribution in [0.3, 0.4) is 0 Å². The maximum atomic E-state index is 11.3. The zero-order valence-corrected chi connectivity index (χ0v) is 9.64. The van der Waals surface area contributed by atoms with E-state index in [-0.39, 0.29) is 12.5 Å². The number of ether oxygens (including phenoxy) is 1. The molecule has 16 heavy (non-hydrogen) atoms. The van der Waals surface area contributed by atoms with E-state index in [1.807, 2.05) is 11.8 Å². The molecule has 1 aromatic heterocycles. The van der Waals surface area contributed by atoms with Gasteiger partial charge in [-0.25, -0.2) is 0 Å². The average molecular weight is 223 g/mol. The second-order valence-corrected chi connectivity index (χ2v) is 3.43. The smallest absolute Gasteiger partial charge is 0.325 e. The molecule has 5 nitrogen and oxygen atoms in total. The lowest BCUT2D eigenvalue weighted by Gasteiger charge is -2.23. The zero-order chi connectivity index (χ0) is 12.0. The Bertz CT molecular complexity index is 355. The number of carbonyl (C=O) groups is 1. The van der Waals surface area contributed by atoms with Gasteiger partial charge in [0.25, 0.3) is 0 Å². The van der Waals surface area contributed by atoms with Gasteiger partial charge in [-0.05, 0) is 12.5 Å². The summed E-state index contributed by atoms with van der Waals surface area (Å²) in [6, 6.07) is 1.80.